The molecule has 1 fully saturated rings. The minimum Gasteiger partial charge on any atom is -0.347 e. The van der Waals surface area contributed by atoms with E-state index < -0.39 is 11.6 Å². The number of rotatable bonds is 4. The minimum atomic E-state index is -0.876. The molecule has 1 aliphatic heterocycles. The van der Waals surface area contributed by atoms with Crippen LogP contribution in [0.15, 0.2) is 48.8 Å². The van der Waals surface area contributed by atoms with Gasteiger partial charge < -0.3 is 10.6 Å². The highest BCUT2D eigenvalue weighted by Crippen LogP contribution is 2.27. The highest BCUT2D eigenvalue weighted by molar-refractivity contribution is 5.94. The largest absolute Gasteiger partial charge is 0.347 e. The van der Waals surface area contributed by atoms with Crippen molar-refractivity contribution in [1.82, 2.24) is 30.8 Å². The van der Waals surface area contributed by atoms with Gasteiger partial charge in [0.15, 0.2) is 11.6 Å². The molecule has 2 unspecified atom stereocenters. The summed E-state index contributed by atoms with van der Waals surface area (Å²) in [4.78, 5) is 12.7. The van der Waals surface area contributed by atoms with E-state index in [1.807, 2.05) is 0 Å². The third-order valence-corrected chi connectivity index (χ3v) is 4.91. The first-order valence-electron chi connectivity index (χ1n) is 8.92. The average Bonchev–Trinajstić information content (AvgIpc) is 3.25. The Hall–Kier alpha value is -2.91. The molecule has 0 bridgehead atoms. The van der Waals surface area contributed by atoms with Crippen molar-refractivity contribution in [3.05, 3.63) is 71.6 Å². The van der Waals surface area contributed by atoms with Crippen LogP contribution in [0.3, 0.4) is 0 Å². The number of aromatic nitrogens is 4. The molecule has 1 aromatic heterocycles. The van der Waals surface area contributed by atoms with Gasteiger partial charge >= 0.3 is 0 Å². The molecule has 2 N–H and O–H groups in total. The quantitative estimate of drug-likeness (QED) is 0.676. The Bertz CT molecular complexity index is 967. The number of piperidine rings is 1. The van der Waals surface area contributed by atoms with Gasteiger partial charge in [-0.05, 0) is 65.4 Å². The van der Waals surface area contributed by atoms with Crippen LogP contribution in [-0.2, 0) is 0 Å². The predicted molar refractivity (Wildman–Crippen MR) is 104 cm³/mol. The first kappa shape index (κ1) is 20.8. The van der Waals surface area contributed by atoms with Crippen LogP contribution in [0.5, 0.6) is 0 Å². The number of carbonyl (C=O) groups is 1. The van der Waals surface area contributed by atoms with Crippen LogP contribution in [0.1, 0.15) is 28.3 Å². The molecule has 0 spiro atoms. The number of carbonyl (C=O) groups excluding carboxylic acids is 1. The first-order valence-corrected chi connectivity index (χ1v) is 8.92. The van der Waals surface area contributed by atoms with Crippen molar-refractivity contribution in [2.75, 3.05) is 13.1 Å². The third kappa shape index (κ3) is 4.57. The van der Waals surface area contributed by atoms with Crippen LogP contribution in [0.25, 0.3) is 5.69 Å². The van der Waals surface area contributed by atoms with Gasteiger partial charge in [0.2, 0.25) is 0 Å². The van der Waals surface area contributed by atoms with Crippen molar-refractivity contribution in [1.29, 1.82) is 0 Å². The molecule has 0 saturated carbocycles. The Labute approximate surface area is 171 Å². The molecule has 152 valence electrons. The third-order valence-electron chi connectivity index (χ3n) is 4.91. The number of benzene rings is 2. The summed E-state index contributed by atoms with van der Waals surface area (Å²) in [7, 11) is 0. The molecule has 2 heterocycles. The molecule has 1 saturated heterocycles. The van der Waals surface area contributed by atoms with E-state index in [1.54, 1.807) is 30.3 Å². The molecule has 0 aliphatic carbocycles. The molecule has 1 amide bonds. The zero-order valence-electron chi connectivity index (χ0n) is 15.3. The number of nitrogens with one attached hydrogen (secondary N) is 2. The molecular formula is C19H19ClF2N6O. The minimum absolute atomic E-state index is 0. The Balaban J connectivity index is 0.00000240. The Morgan fingerprint density at radius 2 is 1.93 bits per heavy atom. The predicted octanol–water partition coefficient (Wildman–Crippen LogP) is 2.24. The van der Waals surface area contributed by atoms with Crippen molar-refractivity contribution >= 4 is 18.3 Å². The van der Waals surface area contributed by atoms with Crippen molar-refractivity contribution in [3.63, 3.8) is 0 Å². The van der Waals surface area contributed by atoms with Crippen LogP contribution in [0, 0.1) is 11.6 Å². The molecule has 0 radical (unpaired) electrons. The normalized spacial score (nSPS) is 18.7. The maximum Gasteiger partial charge on any atom is 0.251 e. The lowest BCUT2D eigenvalue weighted by molar-refractivity contribution is 0.0924. The molecule has 29 heavy (non-hydrogen) atoms. The van der Waals surface area contributed by atoms with Crippen LogP contribution >= 0.6 is 12.4 Å². The molecule has 4 rings (SSSR count). The monoisotopic (exact) mass is 420 g/mol. The van der Waals surface area contributed by atoms with E-state index in [0.29, 0.717) is 24.1 Å². The molecule has 10 heteroatoms. The standard InChI is InChI=1S/C19H18F2N6O.ClH/c20-16-6-3-13(9-17(16)21)15-7-8-22-10-18(15)24-19(28)12-1-4-14(5-2-12)27-11-23-25-26-27;/h1-6,9,11,15,18,22H,7-8,10H2,(H,24,28);1H. The zero-order valence-corrected chi connectivity index (χ0v) is 16.1. The fourth-order valence-corrected chi connectivity index (χ4v) is 3.45. The molecule has 7 nitrogen and oxygen atoms in total. The molecule has 2 aromatic carbocycles. The number of tetrazole rings is 1. The zero-order chi connectivity index (χ0) is 19.5. The summed E-state index contributed by atoms with van der Waals surface area (Å²) in [5.74, 6) is -2.08. The lowest BCUT2D eigenvalue weighted by Gasteiger charge is -2.33. The van der Waals surface area contributed by atoms with E-state index in [1.165, 1.54) is 17.1 Å². The van der Waals surface area contributed by atoms with Crippen molar-refractivity contribution in [2.24, 2.45) is 0 Å². The average molecular weight is 421 g/mol. The van der Waals surface area contributed by atoms with E-state index in [-0.39, 0.29) is 30.3 Å². The van der Waals surface area contributed by atoms with Crippen LogP contribution < -0.4 is 10.6 Å². The second-order valence-electron chi connectivity index (χ2n) is 6.65. The highest BCUT2D eigenvalue weighted by Gasteiger charge is 2.28. The van der Waals surface area contributed by atoms with Gasteiger partial charge in [-0.1, -0.05) is 6.07 Å². The van der Waals surface area contributed by atoms with Gasteiger partial charge in [-0.25, -0.2) is 13.5 Å². The van der Waals surface area contributed by atoms with Crippen molar-refractivity contribution in [2.45, 2.75) is 18.4 Å². The summed E-state index contributed by atoms with van der Waals surface area (Å²) in [6.45, 7) is 1.30. The lowest BCUT2D eigenvalue weighted by atomic mass is 9.85. The topological polar surface area (TPSA) is 84.7 Å². The molecular weight excluding hydrogens is 402 g/mol. The van der Waals surface area contributed by atoms with Crippen molar-refractivity contribution in [3.8, 4) is 5.69 Å². The summed E-state index contributed by atoms with van der Waals surface area (Å²) in [5, 5.41) is 17.2. The second-order valence-corrected chi connectivity index (χ2v) is 6.65. The Morgan fingerprint density at radius 3 is 2.62 bits per heavy atom. The van der Waals surface area contributed by atoms with Crippen LogP contribution in [-0.4, -0.2) is 45.2 Å². The van der Waals surface area contributed by atoms with Gasteiger partial charge in [-0.15, -0.1) is 17.5 Å². The highest BCUT2D eigenvalue weighted by atomic mass is 35.5. The second kappa shape index (κ2) is 9.06. The van der Waals surface area contributed by atoms with E-state index >= 15 is 0 Å². The van der Waals surface area contributed by atoms with Gasteiger partial charge in [-0.3, -0.25) is 4.79 Å². The summed E-state index contributed by atoms with van der Waals surface area (Å²) < 4.78 is 28.4. The molecule has 2 atom stereocenters. The van der Waals surface area contributed by atoms with Crippen LogP contribution in [0.4, 0.5) is 8.78 Å². The van der Waals surface area contributed by atoms with Gasteiger partial charge in [0, 0.05) is 24.1 Å². The van der Waals surface area contributed by atoms with Crippen LogP contribution in [0.2, 0.25) is 0 Å². The van der Waals surface area contributed by atoms with Crippen molar-refractivity contribution < 1.29 is 13.6 Å². The number of hydrogen-bond acceptors (Lipinski definition) is 5. The SMILES string of the molecule is Cl.O=C(NC1CNCCC1c1ccc(F)c(F)c1)c1ccc(-n2cnnn2)cc1. The fourth-order valence-electron chi connectivity index (χ4n) is 3.45. The lowest BCUT2D eigenvalue weighted by Crippen LogP contribution is -2.50. The van der Waals surface area contributed by atoms with Gasteiger partial charge in [0.05, 0.1) is 5.69 Å². The Kier molecular flexibility index (Phi) is 6.50. The fraction of sp³-hybridized carbons (Fsp3) is 0.263. The maximum atomic E-state index is 13.6. The van der Waals surface area contributed by atoms with Gasteiger partial charge in [-0.2, -0.15) is 0 Å². The number of nitrogens with zero attached hydrogens (tertiary/aromatic N) is 4. The maximum absolute atomic E-state index is 13.6. The molecule has 3 aromatic rings. The van der Waals surface area contributed by atoms with E-state index in [0.717, 1.165) is 18.3 Å². The Morgan fingerprint density at radius 1 is 1.14 bits per heavy atom. The first-order chi connectivity index (χ1) is 13.6. The summed E-state index contributed by atoms with van der Waals surface area (Å²) in [6, 6.07) is 10.6. The van der Waals surface area contributed by atoms with E-state index in [2.05, 4.69) is 26.2 Å². The van der Waals surface area contributed by atoms with E-state index in [9.17, 15) is 13.6 Å². The number of amides is 1. The van der Waals surface area contributed by atoms with Gasteiger partial charge in [0.25, 0.3) is 5.91 Å². The molecule has 1 aliphatic rings. The summed E-state index contributed by atoms with van der Waals surface area (Å²) in [5.41, 5.74) is 1.91. The summed E-state index contributed by atoms with van der Waals surface area (Å²) in [6.07, 6.45) is 2.18. The smallest absolute Gasteiger partial charge is 0.251 e. The summed E-state index contributed by atoms with van der Waals surface area (Å²) >= 11 is 0. The van der Waals surface area contributed by atoms with E-state index in [4.69, 9.17) is 0 Å². The number of hydrogen-bond donors (Lipinski definition) is 2. The number of halogens is 3. The van der Waals surface area contributed by atoms with Gasteiger partial charge in [0.1, 0.15) is 6.33 Å².